The molecule has 36 heavy (non-hydrogen) atoms. The first-order valence-corrected chi connectivity index (χ1v) is 11.9. The lowest BCUT2D eigenvalue weighted by atomic mass is 10.1. The number of nitrogens with one attached hydrogen (secondary N) is 2. The summed E-state index contributed by atoms with van der Waals surface area (Å²) in [5, 5.41) is 3.32. The molecule has 1 aromatic carbocycles. The number of ether oxygens (including phenoxy) is 1. The molecule has 2 aliphatic rings. The molecule has 5 rings (SSSR count). The smallest absolute Gasteiger partial charge is 0.419 e. The quantitative estimate of drug-likeness (QED) is 0.376. The molecule has 1 saturated carbocycles. The van der Waals surface area contributed by atoms with E-state index < -0.39 is 17.7 Å². The molecule has 0 atom stereocenters. The molecule has 2 aromatic heterocycles. The Labute approximate surface area is 207 Å². The molecule has 186 valence electrons. The number of methoxy groups -OCH3 is 1. The van der Waals surface area contributed by atoms with Crippen LogP contribution in [0.25, 0.3) is 11.3 Å². The number of H-pyrrole nitrogens is 1. The van der Waals surface area contributed by atoms with Gasteiger partial charge in [-0.1, -0.05) is 23.5 Å². The van der Waals surface area contributed by atoms with Crippen molar-refractivity contribution in [3.8, 4) is 11.3 Å². The van der Waals surface area contributed by atoms with Crippen LogP contribution >= 0.6 is 11.3 Å². The van der Waals surface area contributed by atoms with Crippen LogP contribution in [-0.2, 0) is 20.5 Å². The number of esters is 1. The van der Waals surface area contributed by atoms with Gasteiger partial charge in [-0.2, -0.15) is 18.2 Å². The van der Waals surface area contributed by atoms with Crippen LogP contribution in [0.4, 0.5) is 29.8 Å². The van der Waals surface area contributed by atoms with Crippen LogP contribution in [0.3, 0.4) is 0 Å². The van der Waals surface area contributed by atoms with Gasteiger partial charge in [-0.25, -0.2) is 15.1 Å². The van der Waals surface area contributed by atoms with Crippen molar-refractivity contribution in [1.82, 2.24) is 4.98 Å². The van der Waals surface area contributed by atoms with Gasteiger partial charge in [-0.05, 0) is 37.0 Å². The Kier molecular flexibility index (Phi) is 5.99. The van der Waals surface area contributed by atoms with Gasteiger partial charge >= 0.3 is 12.1 Å². The molecule has 3 aromatic rings. The summed E-state index contributed by atoms with van der Waals surface area (Å²) in [7, 11) is 1.09. The van der Waals surface area contributed by atoms with Gasteiger partial charge in [0, 0.05) is 23.3 Å². The number of thiazole rings is 1. The van der Waals surface area contributed by atoms with Crippen LogP contribution < -0.4 is 15.2 Å². The minimum absolute atomic E-state index is 0.0268. The number of aromatic amines is 1. The molecule has 12 heteroatoms. The number of amides is 2. The van der Waals surface area contributed by atoms with Crippen molar-refractivity contribution in [3.63, 3.8) is 0 Å². The number of anilines is 3. The highest BCUT2D eigenvalue weighted by molar-refractivity contribution is 7.16. The van der Waals surface area contributed by atoms with Crippen molar-refractivity contribution in [3.05, 3.63) is 52.5 Å². The van der Waals surface area contributed by atoms with Crippen molar-refractivity contribution >= 4 is 45.8 Å². The van der Waals surface area contributed by atoms with Crippen LogP contribution in [0.1, 0.15) is 52.4 Å². The molecule has 0 unspecified atom stereocenters. The average molecular weight is 518 g/mol. The number of alkyl halides is 3. The van der Waals surface area contributed by atoms with E-state index >= 15 is 0 Å². The number of imide groups is 1. The van der Waals surface area contributed by atoms with E-state index in [-0.39, 0.29) is 36.0 Å². The number of carbonyl (C=O) groups excluding carboxylic acids is 3. The van der Waals surface area contributed by atoms with Gasteiger partial charge in [0.15, 0.2) is 0 Å². The van der Waals surface area contributed by atoms with Crippen molar-refractivity contribution in [2.45, 2.75) is 37.8 Å². The standard InChI is InChI=1S/C24H19F3N4O4S/c1-35-22(34)16-10-14(24(25,26)27)11-28-21(16)30-23-29-19(20(36-23)13-2-3-13)12-4-6-15(7-5-12)31-17(32)8-9-18(31)33/h4-7,10-11,13H,2-3,8-9H2,1H3,(H,28,29,30)/p+1. The fraction of sp³-hybridized carbons (Fsp3) is 0.292. The van der Waals surface area contributed by atoms with E-state index in [4.69, 9.17) is 0 Å². The summed E-state index contributed by atoms with van der Waals surface area (Å²) in [6.07, 6.45) is -1.50. The van der Waals surface area contributed by atoms with Gasteiger partial charge in [0.2, 0.25) is 11.8 Å². The Hall–Kier alpha value is -3.80. The fourth-order valence-corrected chi connectivity index (χ4v) is 5.15. The van der Waals surface area contributed by atoms with Crippen LogP contribution in [0.5, 0.6) is 0 Å². The Balaban J connectivity index is 1.47. The van der Waals surface area contributed by atoms with Gasteiger partial charge in [0.05, 0.1) is 24.1 Å². The zero-order valence-electron chi connectivity index (χ0n) is 18.9. The summed E-state index contributed by atoms with van der Waals surface area (Å²) in [6.45, 7) is 0. The molecule has 0 spiro atoms. The highest BCUT2D eigenvalue weighted by Crippen LogP contribution is 2.48. The fourth-order valence-electron chi connectivity index (χ4n) is 3.99. The lowest BCUT2D eigenvalue weighted by Crippen LogP contribution is -2.28. The zero-order valence-corrected chi connectivity index (χ0v) is 19.8. The predicted octanol–water partition coefficient (Wildman–Crippen LogP) is 4.70. The van der Waals surface area contributed by atoms with Gasteiger partial charge in [-0.15, -0.1) is 0 Å². The minimum atomic E-state index is -4.64. The Morgan fingerprint density at radius 1 is 1.17 bits per heavy atom. The molecule has 2 fully saturated rings. The Morgan fingerprint density at radius 2 is 1.83 bits per heavy atom. The summed E-state index contributed by atoms with van der Waals surface area (Å²) in [5.41, 5.74) is 0.647. The molecular formula is C24H20F3N4O4S+. The van der Waals surface area contributed by atoms with Gasteiger partial charge in [0.25, 0.3) is 10.9 Å². The van der Waals surface area contributed by atoms with Gasteiger partial charge < -0.3 is 4.74 Å². The molecule has 0 radical (unpaired) electrons. The summed E-state index contributed by atoms with van der Waals surface area (Å²) in [6, 6.07) is 7.67. The maximum absolute atomic E-state index is 13.2. The SMILES string of the molecule is COC(=O)c1cc(C(F)(F)F)c[nH+]c1Nc1nc(-c2ccc(N3C(=O)CCC3=O)cc2)c(C2CC2)s1. The number of nitrogens with zero attached hydrogens (tertiary/aromatic N) is 2. The first-order chi connectivity index (χ1) is 17.2. The summed E-state index contributed by atoms with van der Waals surface area (Å²) in [5.74, 6) is -1.06. The van der Waals surface area contributed by atoms with E-state index in [9.17, 15) is 27.6 Å². The average Bonchev–Trinajstić information content (AvgIpc) is 3.53. The molecule has 8 nitrogen and oxygen atoms in total. The van der Waals surface area contributed by atoms with Gasteiger partial charge in [0.1, 0.15) is 11.8 Å². The lowest BCUT2D eigenvalue weighted by Gasteiger charge is -2.14. The second-order valence-corrected chi connectivity index (χ2v) is 9.50. The number of carbonyl (C=O) groups is 3. The third kappa shape index (κ3) is 4.55. The predicted molar refractivity (Wildman–Crippen MR) is 124 cm³/mol. The molecule has 0 bridgehead atoms. The third-order valence-electron chi connectivity index (χ3n) is 5.96. The summed E-state index contributed by atoms with van der Waals surface area (Å²) in [4.78, 5) is 45.6. The molecule has 2 amide bonds. The number of benzene rings is 1. The van der Waals surface area contributed by atoms with Crippen LogP contribution in [0.2, 0.25) is 0 Å². The van der Waals surface area contributed by atoms with Crippen LogP contribution in [-0.4, -0.2) is 29.9 Å². The van der Waals surface area contributed by atoms with Crippen molar-refractivity contribution < 1.29 is 37.3 Å². The first-order valence-electron chi connectivity index (χ1n) is 11.1. The zero-order chi connectivity index (χ0) is 25.6. The number of aromatic nitrogens is 2. The molecular weight excluding hydrogens is 497 g/mol. The number of hydrogen-bond acceptors (Lipinski definition) is 7. The third-order valence-corrected chi connectivity index (χ3v) is 7.09. The topological polar surface area (TPSA) is 103 Å². The van der Waals surface area contributed by atoms with E-state index in [1.54, 1.807) is 24.3 Å². The maximum atomic E-state index is 13.2. The largest absolute Gasteiger partial charge is 0.465 e. The summed E-state index contributed by atoms with van der Waals surface area (Å²) < 4.78 is 44.1. The minimum Gasteiger partial charge on any atom is -0.465 e. The molecule has 1 saturated heterocycles. The van der Waals surface area contributed by atoms with E-state index in [0.29, 0.717) is 22.4 Å². The monoisotopic (exact) mass is 517 g/mol. The number of halogens is 3. The highest BCUT2D eigenvalue weighted by Gasteiger charge is 2.36. The van der Waals surface area contributed by atoms with Gasteiger partial charge in [-0.3, -0.25) is 14.5 Å². The van der Waals surface area contributed by atoms with Crippen LogP contribution in [0, 0.1) is 0 Å². The molecule has 2 N–H and O–H groups in total. The van der Waals surface area contributed by atoms with Crippen molar-refractivity contribution in [2.24, 2.45) is 0 Å². The number of rotatable bonds is 6. The van der Waals surface area contributed by atoms with Crippen LogP contribution in [0.15, 0.2) is 36.5 Å². The van der Waals surface area contributed by atoms with E-state index in [1.165, 1.54) is 16.2 Å². The van der Waals surface area contributed by atoms with E-state index in [1.807, 2.05) is 0 Å². The highest BCUT2D eigenvalue weighted by atomic mass is 32.1. The number of hydrogen-bond donors (Lipinski definition) is 1. The summed E-state index contributed by atoms with van der Waals surface area (Å²) >= 11 is 1.35. The van der Waals surface area contributed by atoms with Crippen molar-refractivity contribution in [2.75, 3.05) is 17.3 Å². The second kappa shape index (κ2) is 9.01. The van der Waals surface area contributed by atoms with Crippen molar-refractivity contribution in [1.29, 1.82) is 0 Å². The number of pyridine rings is 1. The Bertz CT molecular complexity index is 1350. The molecule has 1 aliphatic carbocycles. The normalized spacial score (nSPS) is 15.9. The molecule has 1 aliphatic heterocycles. The Morgan fingerprint density at radius 3 is 2.42 bits per heavy atom. The lowest BCUT2D eigenvalue weighted by molar-refractivity contribution is -0.364. The maximum Gasteiger partial charge on any atom is 0.419 e. The molecule has 3 heterocycles. The first kappa shape index (κ1) is 23.9. The van der Waals surface area contributed by atoms with E-state index in [0.717, 1.165) is 42.7 Å². The van der Waals surface area contributed by atoms with E-state index in [2.05, 4.69) is 20.0 Å². The second-order valence-electron chi connectivity index (χ2n) is 8.47.